The highest BCUT2D eigenvalue weighted by Crippen LogP contribution is 2.29. The van der Waals surface area contributed by atoms with Crippen molar-refractivity contribution >= 4 is 53.2 Å². The van der Waals surface area contributed by atoms with Gasteiger partial charge in [-0.25, -0.2) is 0 Å². The topological polar surface area (TPSA) is 109 Å². The van der Waals surface area contributed by atoms with Gasteiger partial charge in [0.05, 0.1) is 30.7 Å². The van der Waals surface area contributed by atoms with Crippen LogP contribution in [0, 0.1) is 79.3 Å². The fourth-order valence-corrected chi connectivity index (χ4v) is 10.3. The van der Waals surface area contributed by atoms with Crippen molar-refractivity contribution in [2.45, 2.75) is 449 Å². The summed E-state index contributed by atoms with van der Waals surface area (Å²) < 4.78 is 27.6. The quantitative estimate of drug-likeness (QED) is 0.0506. The molecule has 2 atom stereocenters. The Kier molecular flexibility index (Phi) is 69.0. The monoisotopic (exact) mass is 1550 g/mol. The van der Waals surface area contributed by atoms with Gasteiger partial charge in [0.25, 0.3) is 0 Å². The number of nitrogens with one attached hydrogen (secondary N) is 1. The molecule has 0 aliphatic rings. The molecule has 12 heteroatoms. The molecule has 0 saturated carbocycles. The Labute approximate surface area is 676 Å². The normalized spacial score (nSPS) is 13.4. The van der Waals surface area contributed by atoms with E-state index in [1.807, 2.05) is 96.9 Å². The van der Waals surface area contributed by atoms with Crippen LogP contribution >= 0.6 is 35.3 Å². The van der Waals surface area contributed by atoms with Gasteiger partial charge < -0.3 is 29.0 Å². The summed E-state index contributed by atoms with van der Waals surface area (Å²) in [6.45, 7) is 114. The van der Waals surface area contributed by atoms with Crippen LogP contribution in [0.15, 0.2) is 0 Å². The molecule has 0 rings (SSSR count). The minimum Gasteiger partial charge on any atom is -0.465 e. The van der Waals surface area contributed by atoms with E-state index in [1.165, 1.54) is 74.4 Å². The van der Waals surface area contributed by atoms with Crippen molar-refractivity contribution in [3.05, 3.63) is 0 Å². The van der Waals surface area contributed by atoms with Gasteiger partial charge in [0, 0.05) is 34.7 Å². The van der Waals surface area contributed by atoms with Crippen molar-refractivity contribution < 1.29 is 38.1 Å². The zero-order valence-electron chi connectivity index (χ0n) is 81.5. The second-order valence-electron chi connectivity index (χ2n) is 45.9. The maximum atomic E-state index is 11.4. The first-order chi connectivity index (χ1) is 45.9. The van der Waals surface area contributed by atoms with Crippen LogP contribution in [0.4, 0.5) is 0 Å². The fourth-order valence-electron chi connectivity index (χ4n) is 7.24. The standard InChI is InChI=1S/C12H26O.C11H22O2.2C11H24S.C10H23N.C10H20O2.C10H22O.C9H18O2.C9H20S/c1-11(2,3)8-7-9-13-10-12(4,5)6;1-8(2)9(3)10(12)13-7-11(4,5)6;1-10(2,3)8-7-9-12-11(4,5)6;1-10(2)9-12-8-6-7-11(3,4)5;1-9(2,3)7-8-11-10(4,5)6;1-7(2)8(3)9(11)12-10(4,5)6;1-9(2,3)7-8-11-10(4,5)6;1-7(2)6-8(10)11-9(3,4)5;1-8(2)6-7-10-9(3,4)5/h7-10H2,1-6H3;8-9H,7H2,1-6H3;7-9H2,1-6H3;10H,6-9H2,1-5H3;11H,7-8H2,1-6H3;7-8H,1-6H3;7-8H2,1-6H3;7H,6H2,1-5H3;8H,6-7H2,1-5H3. The maximum absolute atomic E-state index is 11.4. The van der Waals surface area contributed by atoms with Gasteiger partial charge in [-0.1, -0.05) is 270 Å². The number of carbonyl (C=O) groups excluding carboxylic acids is 3. The highest BCUT2D eigenvalue weighted by molar-refractivity contribution is 8.00. The molecule has 9 nitrogen and oxygen atoms in total. The average Bonchev–Trinajstić information content (AvgIpc) is 0.915. The van der Waals surface area contributed by atoms with Crippen LogP contribution in [0.5, 0.6) is 0 Å². The molecule has 0 saturated heterocycles. The molecule has 0 aromatic rings. The van der Waals surface area contributed by atoms with Crippen LogP contribution in [0.1, 0.15) is 417 Å². The third-order valence-electron chi connectivity index (χ3n) is 14.0. The molecule has 105 heavy (non-hydrogen) atoms. The molecule has 0 aliphatic carbocycles. The molecule has 0 bridgehead atoms. The predicted molar refractivity (Wildman–Crippen MR) is 484 cm³/mol. The molecule has 0 amide bonds. The Balaban J connectivity index is -0.000000141. The number of ether oxygens (including phenoxy) is 5. The van der Waals surface area contributed by atoms with E-state index in [2.05, 4.69) is 297 Å². The molecule has 0 aliphatic heterocycles. The van der Waals surface area contributed by atoms with Crippen molar-refractivity contribution in [2.75, 3.05) is 56.0 Å². The van der Waals surface area contributed by atoms with E-state index in [0.29, 0.717) is 72.8 Å². The number of rotatable bonds is 26. The summed E-state index contributed by atoms with van der Waals surface area (Å²) in [7, 11) is 0. The molecule has 1 N–H and O–H groups in total. The van der Waals surface area contributed by atoms with Crippen LogP contribution in [0.3, 0.4) is 0 Å². The lowest BCUT2D eigenvalue weighted by Crippen LogP contribution is -2.37. The Bertz CT molecular complexity index is 1910. The fraction of sp³-hybridized carbons (Fsp3) is 0.968. The average molecular weight is 1560 g/mol. The summed E-state index contributed by atoms with van der Waals surface area (Å²) in [6.07, 6.45) is 12.1. The van der Waals surface area contributed by atoms with Crippen molar-refractivity contribution in [3.8, 4) is 0 Å². The van der Waals surface area contributed by atoms with Gasteiger partial charge in [-0.3, -0.25) is 14.4 Å². The van der Waals surface area contributed by atoms with Gasteiger partial charge in [-0.2, -0.15) is 35.3 Å². The number of carbonyl (C=O) groups is 3. The predicted octanol–water partition coefficient (Wildman–Crippen LogP) is 29.9. The molecule has 0 spiro atoms. The molecular formula is C93H199NO8S3. The zero-order chi connectivity index (χ0) is 86.1. The van der Waals surface area contributed by atoms with Gasteiger partial charge >= 0.3 is 17.9 Å². The van der Waals surface area contributed by atoms with Crippen LogP contribution in [0.25, 0.3) is 0 Å². The summed E-state index contributed by atoms with van der Waals surface area (Å²) in [5, 5.41) is 3.48. The van der Waals surface area contributed by atoms with E-state index in [4.69, 9.17) is 23.7 Å². The number of hydrogen-bond acceptors (Lipinski definition) is 12. The number of hydrogen-bond donors (Lipinski definition) is 1. The zero-order valence-corrected chi connectivity index (χ0v) is 83.9. The van der Waals surface area contributed by atoms with Gasteiger partial charge in [-0.05, 0) is 238 Å². The Morgan fingerprint density at radius 1 is 0.352 bits per heavy atom. The van der Waals surface area contributed by atoms with E-state index in [1.54, 1.807) is 0 Å². The second kappa shape index (κ2) is 59.1. The van der Waals surface area contributed by atoms with Gasteiger partial charge in [-0.15, -0.1) is 0 Å². The largest absolute Gasteiger partial charge is 0.465 e. The summed E-state index contributed by atoms with van der Waals surface area (Å²) in [5.74, 6) is 7.78. The molecule has 642 valence electrons. The molecular weight excluding hydrogens is 1360 g/mol. The molecule has 0 aromatic carbocycles. The Morgan fingerprint density at radius 3 is 1.02 bits per heavy atom. The van der Waals surface area contributed by atoms with Crippen molar-refractivity contribution in [2.24, 2.45) is 79.3 Å². The lowest BCUT2D eigenvalue weighted by Gasteiger charge is -2.24. The van der Waals surface area contributed by atoms with Crippen molar-refractivity contribution in [3.63, 3.8) is 0 Å². The maximum Gasteiger partial charge on any atom is 0.309 e. The lowest BCUT2D eigenvalue weighted by atomic mass is 9.91. The highest BCUT2D eigenvalue weighted by Gasteiger charge is 2.25. The number of esters is 3. The molecule has 0 heterocycles. The smallest absolute Gasteiger partial charge is 0.309 e. The van der Waals surface area contributed by atoms with Crippen molar-refractivity contribution in [1.82, 2.24) is 5.32 Å². The minimum absolute atomic E-state index is 0.00218. The SMILES string of the molecule is CC(C)(C)CCCOCC(C)(C)C.CC(C)(C)CCCSC(C)(C)C.CC(C)(C)CCNC(C)(C)C.CC(C)(C)CCOC(C)(C)C.CC(C)C(C)C(=O)OC(C)(C)C.CC(C)C(C)C(=O)OCC(C)(C)C.CC(C)CC(=O)OC(C)(C)C.CC(C)CCSC(C)(C)C.CC(C)CSCCCC(C)(C)C. The van der Waals surface area contributed by atoms with Crippen LogP contribution in [0.2, 0.25) is 0 Å². The summed E-state index contributed by atoms with van der Waals surface area (Å²) in [6, 6.07) is 0. The first-order valence-corrected chi connectivity index (χ1v) is 44.5. The van der Waals surface area contributed by atoms with Gasteiger partial charge in [0.2, 0.25) is 0 Å². The Hall–Kier alpha value is -0.660. The minimum atomic E-state index is -0.361. The van der Waals surface area contributed by atoms with E-state index >= 15 is 0 Å². The van der Waals surface area contributed by atoms with Crippen molar-refractivity contribution in [1.29, 1.82) is 0 Å². The molecule has 0 fully saturated rings. The molecule has 0 radical (unpaired) electrons. The summed E-state index contributed by atoms with van der Waals surface area (Å²) >= 11 is 6.24. The lowest BCUT2D eigenvalue weighted by molar-refractivity contribution is -0.161. The van der Waals surface area contributed by atoms with E-state index in [0.717, 1.165) is 44.6 Å². The highest BCUT2D eigenvalue weighted by atomic mass is 32.2. The van der Waals surface area contributed by atoms with E-state index in [-0.39, 0.29) is 57.5 Å². The van der Waals surface area contributed by atoms with E-state index < -0.39 is 0 Å². The van der Waals surface area contributed by atoms with Gasteiger partial charge in [0.15, 0.2) is 0 Å². The number of thioether (sulfide) groups is 3. The van der Waals surface area contributed by atoms with Crippen LogP contribution in [-0.4, -0.2) is 106 Å². The van der Waals surface area contributed by atoms with E-state index in [9.17, 15) is 14.4 Å². The third-order valence-corrected chi connectivity index (χ3v) is 18.1. The van der Waals surface area contributed by atoms with Crippen LogP contribution in [-0.2, 0) is 38.1 Å². The molecule has 2 unspecified atom stereocenters. The third kappa shape index (κ3) is 142. The first kappa shape index (κ1) is 123. The Morgan fingerprint density at radius 2 is 0.714 bits per heavy atom. The second-order valence-corrected chi connectivity index (χ2v) is 50.9. The first-order valence-electron chi connectivity index (χ1n) is 41.4. The summed E-state index contributed by atoms with van der Waals surface area (Å²) in [5.41, 5.74) is 2.29. The summed E-state index contributed by atoms with van der Waals surface area (Å²) in [4.78, 5) is 33.8. The van der Waals surface area contributed by atoms with Crippen LogP contribution < -0.4 is 5.32 Å². The molecule has 0 aromatic heterocycles. The van der Waals surface area contributed by atoms with Gasteiger partial charge in [0.1, 0.15) is 11.2 Å².